The Morgan fingerprint density at radius 2 is 2.11 bits per heavy atom. The number of aliphatic hydroxyl groups excluding tert-OH is 1. The number of carbonyl (C=O) groups excluding carboxylic acids is 1. The smallest absolute Gasteiger partial charge is 0.276 e. The second kappa shape index (κ2) is 6.91. The number of nitrogens with one attached hydrogen (secondary N) is 2. The highest BCUT2D eigenvalue weighted by Crippen LogP contribution is 2.33. The molecule has 0 fully saturated rings. The number of hydrogen-bond acceptors (Lipinski definition) is 5. The van der Waals surface area contributed by atoms with E-state index in [9.17, 15) is 27.1 Å². The van der Waals surface area contributed by atoms with E-state index in [1.165, 1.54) is 30.8 Å². The van der Waals surface area contributed by atoms with Gasteiger partial charge in [-0.3, -0.25) is 4.79 Å². The average Bonchev–Trinajstić information content (AvgIpc) is 2.85. The Kier molecular flexibility index (Phi) is 4.93. The molecule has 2 aromatic rings. The van der Waals surface area contributed by atoms with Crippen LogP contribution in [0.15, 0.2) is 29.3 Å². The van der Waals surface area contributed by atoms with Crippen LogP contribution < -0.4 is 14.8 Å². The zero-order chi connectivity index (χ0) is 19.9. The van der Waals surface area contributed by atoms with Crippen LogP contribution in [0.25, 0.3) is 0 Å². The molecule has 1 aromatic carbocycles. The molecule has 8 nitrogen and oxygen atoms in total. The molecule has 0 spiro atoms. The summed E-state index contributed by atoms with van der Waals surface area (Å²) in [6.07, 6.45) is 0.180. The number of fused-ring (bicyclic) bond motifs is 1. The molecule has 27 heavy (non-hydrogen) atoms. The van der Waals surface area contributed by atoms with E-state index < -0.39 is 39.7 Å². The van der Waals surface area contributed by atoms with Gasteiger partial charge in [-0.2, -0.15) is 0 Å². The predicted octanol–water partition coefficient (Wildman–Crippen LogP) is 0.976. The summed E-state index contributed by atoms with van der Waals surface area (Å²) in [6.45, 7) is 1.21. The van der Waals surface area contributed by atoms with Crippen molar-refractivity contribution in [3.8, 4) is 5.75 Å². The SMILES string of the molecule is C[C@@H](O)C1COc2c(cn(C)c2C(=O)Nc2ccc(F)c(F)c2)S(=O)(=O)N1. The first-order valence-corrected chi connectivity index (χ1v) is 9.37. The van der Waals surface area contributed by atoms with E-state index in [2.05, 4.69) is 10.0 Å². The van der Waals surface area contributed by atoms with Gasteiger partial charge in [-0.05, 0) is 19.1 Å². The molecule has 0 saturated heterocycles. The summed E-state index contributed by atoms with van der Waals surface area (Å²) in [5.41, 5.74) is -0.128. The van der Waals surface area contributed by atoms with Crippen LogP contribution in [0.1, 0.15) is 17.4 Å². The van der Waals surface area contributed by atoms with Crippen molar-refractivity contribution in [1.82, 2.24) is 9.29 Å². The lowest BCUT2D eigenvalue weighted by Gasteiger charge is -2.18. The van der Waals surface area contributed by atoms with Crippen molar-refractivity contribution < 1.29 is 31.8 Å². The van der Waals surface area contributed by atoms with Crippen LogP contribution in [-0.4, -0.2) is 42.8 Å². The molecule has 0 saturated carbocycles. The van der Waals surface area contributed by atoms with Crippen molar-refractivity contribution >= 4 is 21.6 Å². The number of benzene rings is 1. The third-order valence-corrected chi connectivity index (χ3v) is 5.56. The maximum Gasteiger partial charge on any atom is 0.276 e. The summed E-state index contributed by atoms with van der Waals surface area (Å²) < 4.78 is 60.4. The zero-order valence-corrected chi connectivity index (χ0v) is 15.2. The van der Waals surface area contributed by atoms with Gasteiger partial charge in [0.15, 0.2) is 23.1 Å². The lowest BCUT2D eigenvalue weighted by Crippen LogP contribution is -2.44. The average molecular weight is 401 g/mol. The van der Waals surface area contributed by atoms with Crippen LogP contribution >= 0.6 is 0 Å². The minimum Gasteiger partial charge on any atom is -0.488 e. The summed E-state index contributed by atoms with van der Waals surface area (Å²) in [6, 6.07) is 1.93. The minimum atomic E-state index is -4.04. The standard InChI is InChI=1S/C16H17F2N3O5S/c1-8(22)12-7-26-15-13(27(24,25)20-12)6-21(2)14(15)16(23)19-9-3-4-10(17)11(18)5-9/h3-6,8,12,20,22H,7H2,1-2H3,(H,19,23)/t8-,12?/m1/s1. The second-order valence-corrected chi connectivity index (χ2v) is 7.83. The fraction of sp³-hybridized carbons (Fsp3) is 0.312. The number of amides is 1. The maximum atomic E-state index is 13.3. The van der Waals surface area contributed by atoms with Crippen molar-refractivity contribution in [2.45, 2.75) is 24.0 Å². The number of anilines is 1. The molecule has 1 aliphatic heterocycles. The van der Waals surface area contributed by atoms with Crippen molar-refractivity contribution in [2.24, 2.45) is 7.05 Å². The molecule has 0 aliphatic carbocycles. The molecule has 1 amide bonds. The summed E-state index contributed by atoms with van der Waals surface area (Å²) in [5, 5.41) is 12.0. The fourth-order valence-corrected chi connectivity index (χ4v) is 4.13. The Hall–Kier alpha value is -2.50. The molecule has 1 unspecified atom stereocenters. The molecule has 1 aromatic heterocycles. The van der Waals surface area contributed by atoms with Gasteiger partial charge in [0, 0.05) is 25.0 Å². The number of aryl methyl sites for hydroxylation is 1. The lowest BCUT2D eigenvalue weighted by atomic mass is 10.2. The highest BCUT2D eigenvalue weighted by atomic mass is 32.2. The normalized spacial score (nSPS) is 19.5. The monoisotopic (exact) mass is 401 g/mol. The van der Waals surface area contributed by atoms with Gasteiger partial charge in [0.25, 0.3) is 5.91 Å². The van der Waals surface area contributed by atoms with E-state index in [0.29, 0.717) is 0 Å². The van der Waals surface area contributed by atoms with E-state index in [-0.39, 0.29) is 28.6 Å². The first kappa shape index (κ1) is 19.3. The van der Waals surface area contributed by atoms with Gasteiger partial charge in [0.05, 0.1) is 12.1 Å². The van der Waals surface area contributed by atoms with Gasteiger partial charge in [-0.1, -0.05) is 0 Å². The Bertz CT molecular complexity index is 1000. The zero-order valence-electron chi connectivity index (χ0n) is 14.4. The molecule has 2 heterocycles. The number of aromatic nitrogens is 1. The van der Waals surface area contributed by atoms with Crippen LogP contribution in [0.3, 0.4) is 0 Å². The van der Waals surface area contributed by atoms with E-state index in [1.54, 1.807) is 0 Å². The molecule has 146 valence electrons. The van der Waals surface area contributed by atoms with Crippen molar-refractivity contribution in [1.29, 1.82) is 0 Å². The molecule has 0 radical (unpaired) electrons. The highest BCUT2D eigenvalue weighted by Gasteiger charge is 2.35. The van der Waals surface area contributed by atoms with Crippen molar-refractivity contribution in [3.05, 3.63) is 41.7 Å². The van der Waals surface area contributed by atoms with Gasteiger partial charge < -0.3 is 19.7 Å². The Balaban J connectivity index is 1.97. The van der Waals surface area contributed by atoms with Crippen molar-refractivity contribution in [2.75, 3.05) is 11.9 Å². The fourth-order valence-electron chi connectivity index (χ4n) is 2.64. The van der Waals surface area contributed by atoms with Gasteiger partial charge in [0.1, 0.15) is 11.5 Å². The molecule has 11 heteroatoms. The van der Waals surface area contributed by atoms with Gasteiger partial charge >= 0.3 is 0 Å². The topological polar surface area (TPSA) is 110 Å². The molecule has 2 atom stereocenters. The van der Waals surface area contributed by atoms with Crippen LogP contribution in [0.4, 0.5) is 14.5 Å². The second-order valence-electron chi connectivity index (χ2n) is 6.14. The molecule has 3 rings (SSSR count). The Morgan fingerprint density at radius 1 is 1.41 bits per heavy atom. The number of halogens is 2. The Morgan fingerprint density at radius 3 is 2.74 bits per heavy atom. The molecular weight excluding hydrogens is 384 g/mol. The predicted molar refractivity (Wildman–Crippen MR) is 91.0 cm³/mol. The summed E-state index contributed by atoms with van der Waals surface area (Å²) >= 11 is 0. The summed E-state index contributed by atoms with van der Waals surface area (Å²) in [5.74, 6) is -3.16. The first-order chi connectivity index (χ1) is 12.6. The number of sulfonamides is 1. The van der Waals surface area contributed by atoms with Crippen LogP contribution in [-0.2, 0) is 17.1 Å². The van der Waals surface area contributed by atoms with E-state index in [1.807, 2.05) is 0 Å². The van der Waals surface area contributed by atoms with Gasteiger partial charge in [-0.25, -0.2) is 21.9 Å². The highest BCUT2D eigenvalue weighted by molar-refractivity contribution is 7.89. The number of hydrogen-bond donors (Lipinski definition) is 3. The first-order valence-electron chi connectivity index (χ1n) is 7.89. The number of rotatable bonds is 3. The van der Waals surface area contributed by atoms with Gasteiger partial charge in [-0.15, -0.1) is 0 Å². The van der Waals surface area contributed by atoms with Crippen LogP contribution in [0.5, 0.6) is 5.75 Å². The Labute approximate surface area is 153 Å². The minimum absolute atomic E-state index is 0.00897. The van der Waals surface area contributed by atoms with Crippen molar-refractivity contribution in [3.63, 3.8) is 0 Å². The van der Waals surface area contributed by atoms with E-state index >= 15 is 0 Å². The number of aliphatic hydroxyl groups is 1. The third kappa shape index (κ3) is 3.66. The number of ether oxygens (including phenoxy) is 1. The maximum absolute atomic E-state index is 13.3. The van der Waals surface area contributed by atoms with Crippen LogP contribution in [0, 0.1) is 11.6 Å². The quantitative estimate of drug-likeness (QED) is 0.710. The summed E-state index contributed by atoms with van der Waals surface area (Å²) in [7, 11) is -2.59. The molecular formula is C16H17F2N3O5S. The largest absolute Gasteiger partial charge is 0.488 e. The third-order valence-electron chi connectivity index (χ3n) is 4.08. The van der Waals surface area contributed by atoms with Gasteiger partial charge in [0.2, 0.25) is 10.0 Å². The molecule has 3 N–H and O–H groups in total. The lowest BCUT2D eigenvalue weighted by molar-refractivity contribution is 0.100. The summed E-state index contributed by atoms with van der Waals surface area (Å²) in [4.78, 5) is 12.3. The number of carbonyl (C=O) groups is 1. The van der Waals surface area contributed by atoms with E-state index in [4.69, 9.17) is 4.74 Å². The van der Waals surface area contributed by atoms with Crippen LogP contribution in [0.2, 0.25) is 0 Å². The van der Waals surface area contributed by atoms with E-state index in [0.717, 1.165) is 12.1 Å². The molecule has 1 aliphatic rings. The number of nitrogens with zero attached hydrogens (tertiary/aromatic N) is 1. The molecule has 0 bridgehead atoms.